The highest BCUT2D eigenvalue weighted by Crippen LogP contribution is 2.19. The molecule has 0 N–H and O–H groups in total. The third-order valence-corrected chi connectivity index (χ3v) is 7.42. The van der Waals surface area contributed by atoms with Gasteiger partial charge in [0.1, 0.15) is 0 Å². The molecule has 0 spiro atoms. The fraction of sp³-hybridized carbons (Fsp3) is 1.00. The van der Waals surface area contributed by atoms with E-state index >= 15 is 0 Å². The maximum absolute atomic E-state index is 2.58. The molecule has 0 bridgehead atoms. The molecule has 3 rings (SSSR count). The summed E-state index contributed by atoms with van der Waals surface area (Å²) in [4.78, 5) is 12.5. The molecule has 0 aromatic carbocycles. The molecule has 0 atom stereocenters. The largest absolute Gasteiger partial charge is 0.305 e. The standard InChI is InChI=1S/C10H22N2.C9H20N2.C9H19N.CH4/c1-10(2,3)12-7-5-6-11(4)8-9-12;1-9(2,3)11-7-5-10(4)6-8-11;1-9(2,3)10-7-5-4-6-8-10;/h5-9H2,1-4H3;5-8H2,1-4H3;4-8H2,1-3H3;1H4. The number of piperazine rings is 1. The van der Waals surface area contributed by atoms with E-state index in [4.69, 9.17) is 0 Å². The lowest BCUT2D eigenvalue weighted by Crippen LogP contribution is -2.52. The van der Waals surface area contributed by atoms with Crippen LogP contribution in [0.15, 0.2) is 0 Å². The lowest BCUT2D eigenvalue weighted by molar-refractivity contribution is 0.0735. The van der Waals surface area contributed by atoms with Crippen molar-refractivity contribution in [2.24, 2.45) is 0 Å². The molecule has 0 aromatic rings. The van der Waals surface area contributed by atoms with Gasteiger partial charge in [0, 0.05) is 55.9 Å². The minimum Gasteiger partial charge on any atom is -0.305 e. The molecule has 5 heteroatoms. The zero-order valence-electron chi connectivity index (χ0n) is 24.6. The molecular weight excluding hydrogens is 418 g/mol. The first-order chi connectivity index (χ1) is 15.1. The summed E-state index contributed by atoms with van der Waals surface area (Å²) in [6.45, 7) is 33.2. The molecule has 0 radical (unpaired) electrons. The van der Waals surface area contributed by atoms with E-state index in [0.29, 0.717) is 16.6 Å². The van der Waals surface area contributed by atoms with Crippen LogP contribution in [0.1, 0.15) is 95.4 Å². The highest BCUT2D eigenvalue weighted by molar-refractivity contribution is 4.81. The van der Waals surface area contributed by atoms with Crippen LogP contribution in [0.2, 0.25) is 0 Å². The molecule has 0 aliphatic carbocycles. The predicted molar refractivity (Wildman–Crippen MR) is 154 cm³/mol. The third kappa shape index (κ3) is 13.8. The van der Waals surface area contributed by atoms with Crippen LogP contribution in [0.25, 0.3) is 0 Å². The summed E-state index contributed by atoms with van der Waals surface area (Å²) < 4.78 is 0. The van der Waals surface area contributed by atoms with Gasteiger partial charge in [-0.2, -0.15) is 0 Å². The Hall–Kier alpha value is -0.200. The molecule has 3 fully saturated rings. The van der Waals surface area contributed by atoms with E-state index in [2.05, 4.69) is 101 Å². The predicted octanol–water partition coefficient (Wildman–Crippen LogP) is 5.36. The van der Waals surface area contributed by atoms with Crippen LogP contribution in [-0.2, 0) is 0 Å². The van der Waals surface area contributed by atoms with E-state index in [1.807, 2.05) is 0 Å². The number of likely N-dealkylation sites (tertiary alicyclic amines) is 1. The van der Waals surface area contributed by atoms with Crippen LogP contribution >= 0.6 is 0 Å². The average molecular weight is 484 g/mol. The lowest BCUT2D eigenvalue weighted by Gasteiger charge is -2.41. The van der Waals surface area contributed by atoms with E-state index in [0.717, 1.165) is 0 Å². The number of piperidine rings is 1. The molecule has 3 aliphatic rings. The van der Waals surface area contributed by atoms with Crippen molar-refractivity contribution < 1.29 is 0 Å². The minimum absolute atomic E-state index is 0. The number of nitrogens with zero attached hydrogens (tertiary/aromatic N) is 5. The van der Waals surface area contributed by atoms with Gasteiger partial charge < -0.3 is 9.80 Å². The van der Waals surface area contributed by atoms with Crippen LogP contribution in [0.5, 0.6) is 0 Å². The smallest absolute Gasteiger partial charge is 0.0126 e. The summed E-state index contributed by atoms with van der Waals surface area (Å²) in [6.07, 6.45) is 5.55. The Morgan fingerprint density at radius 2 is 0.647 bits per heavy atom. The van der Waals surface area contributed by atoms with Crippen molar-refractivity contribution in [2.45, 2.75) is 112 Å². The molecule has 0 unspecified atom stereocenters. The summed E-state index contributed by atoms with van der Waals surface area (Å²) >= 11 is 0. The minimum atomic E-state index is 0. The van der Waals surface area contributed by atoms with Crippen LogP contribution < -0.4 is 0 Å². The van der Waals surface area contributed by atoms with E-state index in [9.17, 15) is 0 Å². The first-order valence-corrected chi connectivity index (χ1v) is 13.7. The van der Waals surface area contributed by atoms with Crippen molar-refractivity contribution in [1.29, 1.82) is 0 Å². The highest BCUT2D eigenvalue weighted by Gasteiger charge is 2.24. The van der Waals surface area contributed by atoms with Crippen LogP contribution in [-0.4, -0.2) is 121 Å². The number of likely N-dealkylation sites (N-methyl/N-ethyl adjacent to an activating group) is 2. The van der Waals surface area contributed by atoms with Crippen molar-refractivity contribution in [3.8, 4) is 0 Å². The molecule has 0 aromatic heterocycles. The van der Waals surface area contributed by atoms with E-state index in [-0.39, 0.29) is 7.43 Å². The summed E-state index contributed by atoms with van der Waals surface area (Å²) in [5, 5.41) is 0. The zero-order valence-corrected chi connectivity index (χ0v) is 24.6. The highest BCUT2D eigenvalue weighted by atomic mass is 15.3. The Morgan fingerprint density at radius 1 is 0.353 bits per heavy atom. The quantitative estimate of drug-likeness (QED) is 0.459. The summed E-state index contributed by atoms with van der Waals surface area (Å²) in [5.74, 6) is 0. The average Bonchev–Trinajstić information content (AvgIpc) is 2.93. The molecule has 3 saturated heterocycles. The van der Waals surface area contributed by atoms with Gasteiger partial charge in [-0.05, 0) is 122 Å². The van der Waals surface area contributed by atoms with Crippen molar-refractivity contribution in [1.82, 2.24) is 24.5 Å². The summed E-state index contributed by atoms with van der Waals surface area (Å²) in [5.41, 5.74) is 1.12. The second-order valence-corrected chi connectivity index (χ2v) is 13.5. The van der Waals surface area contributed by atoms with Crippen LogP contribution in [0, 0.1) is 0 Å². The van der Waals surface area contributed by atoms with Crippen LogP contribution in [0.3, 0.4) is 0 Å². The van der Waals surface area contributed by atoms with Crippen molar-refractivity contribution in [3.63, 3.8) is 0 Å². The lowest BCUT2D eigenvalue weighted by atomic mass is 10.0. The number of hydrogen-bond donors (Lipinski definition) is 0. The first-order valence-electron chi connectivity index (χ1n) is 13.7. The maximum atomic E-state index is 2.58. The Kier molecular flexibility index (Phi) is 15.1. The molecule has 3 aliphatic heterocycles. The van der Waals surface area contributed by atoms with Gasteiger partial charge in [-0.3, -0.25) is 14.7 Å². The summed E-state index contributed by atoms with van der Waals surface area (Å²) in [6, 6.07) is 0. The summed E-state index contributed by atoms with van der Waals surface area (Å²) in [7, 11) is 4.41. The van der Waals surface area contributed by atoms with E-state index in [1.54, 1.807) is 0 Å². The van der Waals surface area contributed by atoms with Gasteiger partial charge in [-0.25, -0.2) is 0 Å². The number of hydrogen-bond acceptors (Lipinski definition) is 5. The Labute approximate surface area is 216 Å². The second-order valence-electron chi connectivity index (χ2n) is 13.5. The van der Waals surface area contributed by atoms with Crippen LogP contribution in [0.4, 0.5) is 0 Å². The van der Waals surface area contributed by atoms with Gasteiger partial charge in [0.2, 0.25) is 0 Å². The Bertz CT molecular complexity index is 500. The molecular formula is C29H65N5. The Balaban J connectivity index is 0.000000475. The van der Waals surface area contributed by atoms with Crippen molar-refractivity contribution >= 4 is 0 Å². The van der Waals surface area contributed by atoms with Gasteiger partial charge in [-0.1, -0.05) is 13.8 Å². The van der Waals surface area contributed by atoms with Gasteiger partial charge in [0.05, 0.1) is 0 Å². The molecule has 3 heterocycles. The van der Waals surface area contributed by atoms with Gasteiger partial charge in [0.25, 0.3) is 0 Å². The zero-order chi connectivity index (χ0) is 25.3. The fourth-order valence-electron chi connectivity index (χ4n) is 4.76. The fourth-order valence-corrected chi connectivity index (χ4v) is 4.76. The van der Waals surface area contributed by atoms with Crippen molar-refractivity contribution in [2.75, 3.05) is 79.5 Å². The first kappa shape index (κ1) is 33.8. The maximum Gasteiger partial charge on any atom is 0.0126 e. The van der Waals surface area contributed by atoms with Gasteiger partial charge in [0.15, 0.2) is 0 Å². The van der Waals surface area contributed by atoms with Gasteiger partial charge >= 0.3 is 0 Å². The van der Waals surface area contributed by atoms with Gasteiger partial charge in [-0.15, -0.1) is 0 Å². The molecule has 0 amide bonds. The topological polar surface area (TPSA) is 16.2 Å². The van der Waals surface area contributed by atoms with E-state index in [1.165, 1.54) is 91.1 Å². The Morgan fingerprint density at radius 3 is 1.00 bits per heavy atom. The number of rotatable bonds is 0. The normalized spacial score (nSPS) is 23.0. The SMILES string of the molecule is C.CC(C)(C)N1CCCCC1.CN1CCCN(C(C)(C)C)CC1.CN1CCN(C(C)(C)C)CC1. The monoisotopic (exact) mass is 484 g/mol. The molecule has 5 nitrogen and oxygen atoms in total. The van der Waals surface area contributed by atoms with E-state index < -0.39 is 0 Å². The molecule has 34 heavy (non-hydrogen) atoms. The molecule has 0 saturated carbocycles. The second kappa shape index (κ2) is 15.1. The molecule has 206 valence electrons. The third-order valence-electron chi connectivity index (χ3n) is 7.42. The van der Waals surface area contributed by atoms with Crippen molar-refractivity contribution in [3.05, 3.63) is 0 Å².